The van der Waals surface area contributed by atoms with E-state index in [0.717, 1.165) is 42.9 Å². The van der Waals surface area contributed by atoms with Crippen LogP contribution in [0.4, 0.5) is 4.39 Å². The Balaban J connectivity index is 1.49. The molecule has 0 bridgehead atoms. The maximum Gasteiger partial charge on any atom is 0.316 e. The Morgan fingerprint density at radius 3 is 2.69 bits per heavy atom. The van der Waals surface area contributed by atoms with E-state index in [9.17, 15) is 9.18 Å². The summed E-state index contributed by atoms with van der Waals surface area (Å²) in [5, 5.41) is 0. The molecule has 0 unspecified atom stereocenters. The Kier molecular flexibility index (Phi) is 7.80. The summed E-state index contributed by atoms with van der Waals surface area (Å²) in [5.41, 5.74) is 1.76. The van der Waals surface area contributed by atoms with Crippen LogP contribution in [-0.4, -0.2) is 43.2 Å². The zero-order valence-corrected chi connectivity index (χ0v) is 21.2. The third-order valence-electron chi connectivity index (χ3n) is 6.39. The molecule has 6 heteroatoms. The summed E-state index contributed by atoms with van der Waals surface area (Å²) < 4.78 is 32.4. The number of carbonyl (C=O) groups excluding carboxylic acids is 1. The van der Waals surface area contributed by atoms with Gasteiger partial charge in [-0.1, -0.05) is 31.6 Å². The Morgan fingerprint density at radius 1 is 1.20 bits per heavy atom. The molecule has 1 fully saturated rings. The number of fused-ring (bicyclic) bond motifs is 1. The van der Waals surface area contributed by atoms with E-state index in [-0.39, 0.29) is 11.9 Å². The number of ether oxygens (including phenoxy) is 3. The molecular formula is C29H36FNO4. The van der Waals surface area contributed by atoms with Gasteiger partial charge in [0.1, 0.15) is 17.6 Å². The van der Waals surface area contributed by atoms with Gasteiger partial charge in [-0.2, -0.15) is 0 Å². The molecule has 0 aromatic heterocycles. The van der Waals surface area contributed by atoms with Crippen LogP contribution >= 0.6 is 0 Å². The minimum absolute atomic E-state index is 0.113. The van der Waals surface area contributed by atoms with Gasteiger partial charge in [-0.3, -0.25) is 9.69 Å². The van der Waals surface area contributed by atoms with Gasteiger partial charge >= 0.3 is 5.97 Å². The lowest BCUT2D eigenvalue weighted by Crippen LogP contribution is -2.26. The summed E-state index contributed by atoms with van der Waals surface area (Å²) in [6.45, 7) is 11.1. The first-order valence-electron chi connectivity index (χ1n) is 12.6. The van der Waals surface area contributed by atoms with Crippen molar-refractivity contribution < 1.29 is 23.4 Å². The Morgan fingerprint density at radius 2 is 1.97 bits per heavy atom. The number of carbonyl (C=O) groups is 1. The highest BCUT2D eigenvalue weighted by molar-refractivity contribution is 5.84. The van der Waals surface area contributed by atoms with E-state index in [1.54, 1.807) is 20.8 Å². The highest BCUT2D eigenvalue weighted by Gasteiger charge is 2.27. The molecule has 2 aromatic carbocycles. The first kappa shape index (κ1) is 25.2. The molecule has 2 aliphatic rings. The summed E-state index contributed by atoms with van der Waals surface area (Å²) in [7, 11) is 0. The summed E-state index contributed by atoms with van der Waals surface area (Å²) in [6.07, 6.45) is 6.44. The third-order valence-corrected chi connectivity index (χ3v) is 6.39. The fourth-order valence-electron chi connectivity index (χ4n) is 4.33. The molecule has 0 saturated carbocycles. The normalized spacial score (nSPS) is 18.3. The van der Waals surface area contributed by atoms with Crippen molar-refractivity contribution in [1.29, 1.82) is 0 Å². The van der Waals surface area contributed by atoms with Gasteiger partial charge in [0.05, 0.1) is 12.0 Å². The first-order valence-corrected chi connectivity index (χ1v) is 12.6. The topological polar surface area (TPSA) is 48.0 Å². The average Bonchev–Trinajstić information content (AvgIpc) is 3.16. The van der Waals surface area contributed by atoms with Crippen LogP contribution in [0.2, 0.25) is 0 Å². The van der Waals surface area contributed by atoms with Crippen molar-refractivity contribution in [3.8, 4) is 17.2 Å². The molecule has 1 atom stereocenters. The number of halogens is 1. The van der Waals surface area contributed by atoms with E-state index in [4.69, 9.17) is 14.2 Å². The summed E-state index contributed by atoms with van der Waals surface area (Å²) in [6, 6.07) is 10.8. The second-order valence-electron chi connectivity index (χ2n) is 10.4. The maximum atomic E-state index is 15.0. The van der Waals surface area contributed by atoms with Crippen LogP contribution in [-0.2, 0) is 4.79 Å². The quantitative estimate of drug-likeness (QED) is 0.346. The van der Waals surface area contributed by atoms with E-state index in [1.807, 2.05) is 24.3 Å². The second-order valence-corrected chi connectivity index (χ2v) is 10.4. The van der Waals surface area contributed by atoms with Gasteiger partial charge in [-0.25, -0.2) is 4.39 Å². The number of likely N-dealkylation sites (tertiary alicyclic amines) is 1. The molecule has 1 saturated heterocycles. The molecule has 2 aromatic rings. The van der Waals surface area contributed by atoms with Crippen molar-refractivity contribution >= 4 is 11.5 Å². The highest BCUT2D eigenvalue weighted by atomic mass is 19.1. The third kappa shape index (κ3) is 6.23. The zero-order valence-electron chi connectivity index (χ0n) is 21.2. The summed E-state index contributed by atoms with van der Waals surface area (Å²) >= 11 is 0. The zero-order chi connectivity index (χ0) is 25.0. The average molecular weight is 482 g/mol. The lowest BCUT2D eigenvalue weighted by molar-refractivity contribution is -0.143. The first-order chi connectivity index (χ1) is 16.7. The van der Waals surface area contributed by atoms with Crippen molar-refractivity contribution in [1.82, 2.24) is 4.90 Å². The predicted molar refractivity (Wildman–Crippen MR) is 136 cm³/mol. The minimum Gasteiger partial charge on any atom is -0.492 e. The van der Waals surface area contributed by atoms with Crippen LogP contribution in [0.3, 0.4) is 0 Å². The highest BCUT2D eigenvalue weighted by Crippen LogP contribution is 2.38. The van der Waals surface area contributed by atoms with Crippen LogP contribution in [0.1, 0.15) is 64.5 Å². The fraction of sp³-hybridized carbons (Fsp3) is 0.483. The molecular weight excluding hydrogens is 445 g/mol. The number of hydrogen-bond donors (Lipinski definition) is 0. The lowest BCUT2D eigenvalue weighted by Gasteiger charge is -2.19. The van der Waals surface area contributed by atoms with Gasteiger partial charge in [0.2, 0.25) is 0 Å². The number of esters is 1. The van der Waals surface area contributed by atoms with Crippen LogP contribution in [0.15, 0.2) is 42.5 Å². The van der Waals surface area contributed by atoms with Crippen molar-refractivity contribution in [2.45, 2.75) is 59.5 Å². The van der Waals surface area contributed by atoms with E-state index in [2.05, 4.69) is 17.9 Å². The Hall–Kier alpha value is -2.86. The molecule has 2 aliphatic heterocycles. The number of hydrogen-bond acceptors (Lipinski definition) is 5. The smallest absolute Gasteiger partial charge is 0.316 e. The second kappa shape index (κ2) is 10.8. The van der Waals surface area contributed by atoms with Crippen LogP contribution in [0.5, 0.6) is 17.2 Å². The van der Waals surface area contributed by atoms with E-state index < -0.39 is 17.2 Å². The van der Waals surface area contributed by atoms with Gasteiger partial charge in [0.25, 0.3) is 0 Å². The number of benzene rings is 2. The molecule has 188 valence electrons. The molecule has 2 heterocycles. The van der Waals surface area contributed by atoms with Crippen LogP contribution in [0, 0.1) is 11.2 Å². The molecule has 0 radical (unpaired) electrons. The predicted octanol–water partition coefficient (Wildman–Crippen LogP) is 6.24. The Bertz CT molecular complexity index is 1070. The van der Waals surface area contributed by atoms with E-state index in [0.29, 0.717) is 24.3 Å². The summed E-state index contributed by atoms with van der Waals surface area (Å²) in [5.74, 6) is 0.152. The van der Waals surface area contributed by atoms with Gasteiger partial charge in [0, 0.05) is 31.1 Å². The largest absolute Gasteiger partial charge is 0.492 e. The van der Waals surface area contributed by atoms with Crippen LogP contribution < -0.4 is 14.2 Å². The Labute approximate surface area is 207 Å². The van der Waals surface area contributed by atoms with Crippen LogP contribution in [0.25, 0.3) is 5.57 Å². The number of unbranched alkanes of at least 4 members (excludes halogenated alkanes) is 1. The molecule has 35 heavy (non-hydrogen) atoms. The van der Waals surface area contributed by atoms with Gasteiger partial charge in [0.15, 0.2) is 11.6 Å². The molecule has 0 amide bonds. The number of rotatable bonds is 7. The molecule has 0 aliphatic carbocycles. The molecule has 0 spiro atoms. The van der Waals surface area contributed by atoms with Crippen molar-refractivity contribution in [2.75, 3.05) is 26.2 Å². The fourth-order valence-corrected chi connectivity index (χ4v) is 4.33. The number of nitrogens with zero attached hydrogens (tertiary/aromatic N) is 1. The minimum atomic E-state index is -0.735. The SMILES string of the molecule is CCCCN1CC[C@H](Oc2ccc(C3=CCCOc4cc(OC(=O)C(C)(C)C)c(F)cc43)cc2)C1. The standard InChI is InChI=1S/C29H36FNO4/c1-5-6-14-31-15-13-22(19-31)34-21-11-9-20(10-12-21)23-8-7-16-33-26-18-27(25(30)17-24(23)26)35-28(32)29(2,3)4/h8-12,17-18,22H,5-7,13-16,19H2,1-4H3/t22-/m0/s1. The van der Waals surface area contributed by atoms with Crippen molar-refractivity contribution in [2.24, 2.45) is 5.41 Å². The summed E-state index contributed by atoms with van der Waals surface area (Å²) in [4.78, 5) is 14.7. The monoisotopic (exact) mass is 481 g/mol. The maximum absolute atomic E-state index is 15.0. The van der Waals surface area contributed by atoms with Gasteiger partial charge in [-0.15, -0.1) is 0 Å². The van der Waals surface area contributed by atoms with Crippen molar-refractivity contribution in [3.05, 3.63) is 59.4 Å². The lowest BCUT2D eigenvalue weighted by atomic mass is 9.96. The molecule has 4 rings (SSSR count). The van der Waals surface area contributed by atoms with Gasteiger partial charge in [-0.05, 0) is 69.5 Å². The van der Waals surface area contributed by atoms with E-state index >= 15 is 0 Å². The van der Waals surface area contributed by atoms with Gasteiger partial charge < -0.3 is 14.2 Å². The molecule has 5 nitrogen and oxygen atoms in total. The van der Waals surface area contributed by atoms with Crippen molar-refractivity contribution in [3.63, 3.8) is 0 Å². The molecule has 0 N–H and O–H groups in total. The van der Waals surface area contributed by atoms with E-state index in [1.165, 1.54) is 25.0 Å².